The first-order valence-electron chi connectivity index (χ1n) is 15.6. The van der Waals surface area contributed by atoms with Crippen molar-refractivity contribution in [1.82, 2.24) is 19.5 Å². The van der Waals surface area contributed by atoms with Crippen LogP contribution in [-0.2, 0) is 18.5 Å². The molecule has 2 aliphatic rings. The highest BCUT2D eigenvalue weighted by atomic mass is 31.2. The van der Waals surface area contributed by atoms with Crippen molar-refractivity contribution < 1.29 is 28.1 Å². The molecule has 2 aliphatic heterocycles. The Balaban J connectivity index is 0.00000145. The van der Waals surface area contributed by atoms with Crippen LogP contribution in [0.2, 0.25) is 0 Å². The van der Waals surface area contributed by atoms with Gasteiger partial charge in [0.1, 0.15) is 17.8 Å². The van der Waals surface area contributed by atoms with Crippen LogP contribution < -0.4 is 10.6 Å². The third kappa shape index (κ3) is 7.41. The maximum absolute atomic E-state index is 13.1. The molecule has 2 bridgehead atoms. The van der Waals surface area contributed by atoms with Crippen LogP contribution >= 0.6 is 8.53 Å². The average Bonchev–Trinajstić information content (AvgIpc) is 3.79. The van der Waals surface area contributed by atoms with Gasteiger partial charge in [-0.1, -0.05) is 63.6 Å². The summed E-state index contributed by atoms with van der Waals surface area (Å²) in [6.45, 7) is 10.2. The van der Waals surface area contributed by atoms with E-state index in [9.17, 15) is 9.59 Å². The van der Waals surface area contributed by atoms with Gasteiger partial charge in [0.2, 0.25) is 5.95 Å². The van der Waals surface area contributed by atoms with Crippen LogP contribution in [0.3, 0.4) is 0 Å². The van der Waals surface area contributed by atoms with E-state index >= 15 is 0 Å². The molecule has 15 heteroatoms. The third-order valence-electron chi connectivity index (χ3n) is 7.53. The topological polar surface area (TPSA) is 175 Å². The Kier molecular flexibility index (Phi) is 11.5. The number of amides is 2. The number of ether oxygens (including phenoxy) is 2. The highest BCUT2D eigenvalue weighted by Gasteiger charge is 2.63. The van der Waals surface area contributed by atoms with E-state index < -0.39 is 44.4 Å². The number of nitriles is 1. The summed E-state index contributed by atoms with van der Waals surface area (Å²) in [7, 11) is -1.76. The fraction of sp³-hybridized carbons (Fsp3) is 0.364. The molecule has 4 heterocycles. The minimum Gasteiger partial charge on any atom is -0.368 e. The predicted molar refractivity (Wildman–Crippen MR) is 180 cm³/mol. The van der Waals surface area contributed by atoms with Crippen molar-refractivity contribution in [3.8, 4) is 6.07 Å². The van der Waals surface area contributed by atoms with Gasteiger partial charge in [0.25, 0.3) is 11.8 Å². The van der Waals surface area contributed by atoms with E-state index in [0.717, 1.165) is 0 Å². The summed E-state index contributed by atoms with van der Waals surface area (Å²) in [5.74, 6) is -0.789. The molecule has 6 rings (SSSR count). The molecule has 2 saturated heterocycles. The molecule has 2 unspecified atom stereocenters. The molecule has 0 saturated carbocycles. The van der Waals surface area contributed by atoms with Gasteiger partial charge in [-0.25, -0.2) is 9.75 Å². The lowest BCUT2D eigenvalue weighted by atomic mass is 9.96. The fourth-order valence-electron chi connectivity index (χ4n) is 5.25. The van der Waals surface area contributed by atoms with Gasteiger partial charge in [-0.15, -0.1) is 0 Å². The number of nitrogens with one attached hydrogen (secondary N) is 2. The number of rotatable bonds is 12. The Morgan fingerprint density at radius 3 is 2.33 bits per heavy atom. The van der Waals surface area contributed by atoms with Gasteiger partial charge in [-0.2, -0.15) is 15.2 Å². The van der Waals surface area contributed by atoms with E-state index in [1.54, 1.807) is 59.2 Å². The molecular weight excluding hydrogens is 635 g/mol. The summed E-state index contributed by atoms with van der Waals surface area (Å²) < 4.78 is 30.3. The zero-order chi connectivity index (χ0) is 34.1. The molecule has 250 valence electrons. The second-order valence-corrected chi connectivity index (χ2v) is 12.1. The minimum atomic E-state index is -1.76. The number of benzene rings is 2. The van der Waals surface area contributed by atoms with Gasteiger partial charge in [-0.3, -0.25) is 19.5 Å². The standard InChI is InChI=1S/C30H29N8O6P.C3H8/c1-3-30-17-41-22(23(30)44-45(32-2)42-16-10-15-31)28(43-30)38-18-33-21-24(34-26(39)19-11-6-4-7-12-19)35-29(36-25(21)38)37-27(40)20-13-8-5-9-14-20;1-3-2/h4-9,11-14,18,22-23,28H,2-3,10,16-17H2,1H3,(H2,34,35,36,37,39,40);3H2,1-2H3/t22-,23?,28+,30-,45?;/m0./s1. The second kappa shape index (κ2) is 16.0. The molecule has 2 amide bonds. The first-order chi connectivity index (χ1) is 23.4. The zero-order valence-corrected chi connectivity index (χ0v) is 27.8. The Morgan fingerprint density at radius 1 is 1.08 bits per heavy atom. The molecule has 0 aliphatic carbocycles. The van der Waals surface area contributed by atoms with Gasteiger partial charge < -0.3 is 23.8 Å². The Morgan fingerprint density at radius 2 is 1.73 bits per heavy atom. The lowest BCUT2D eigenvalue weighted by Crippen LogP contribution is -2.40. The smallest absolute Gasteiger partial charge is 0.310 e. The third-order valence-corrected chi connectivity index (χ3v) is 8.57. The molecule has 2 aromatic heterocycles. The van der Waals surface area contributed by atoms with E-state index in [1.807, 2.05) is 19.1 Å². The van der Waals surface area contributed by atoms with Crippen LogP contribution in [0.4, 0.5) is 11.8 Å². The van der Waals surface area contributed by atoms with E-state index in [4.69, 9.17) is 23.8 Å². The number of nitrogens with zero attached hydrogens (tertiary/aromatic N) is 6. The van der Waals surface area contributed by atoms with Crippen molar-refractivity contribution in [3.63, 3.8) is 0 Å². The summed E-state index contributed by atoms with van der Waals surface area (Å²) >= 11 is 0. The van der Waals surface area contributed by atoms with Crippen LogP contribution in [0, 0.1) is 11.3 Å². The van der Waals surface area contributed by atoms with Crippen molar-refractivity contribution in [3.05, 3.63) is 78.1 Å². The molecule has 4 aromatic rings. The van der Waals surface area contributed by atoms with Crippen molar-refractivity contribution in [2.45, 2.75) is 64.1 Å². The van der Waals surface area contributed by atoms with Crippen LogP contribution in [0.25, 0.3) is 11.2 Å². The lowest BCUT2D eigenvalue weighted by Gasteiger charge is -2.30. The minimum absolute atomic E-state index is 0.0474. The van der Waals surface area contributed by atoms with Crippen molar-refractivity contribution in [1.29, 1.82) is 5.26 Å². The molecule has 5 atom stereocenters. The van der Waals surface area contributed by atoms with Crippen LogP contribution in [0.5, 0.6) is 0 Å². The molecule has 0 radical (unpaired) electrons. The first kappa shape index (κ1) is 34.7. The summed E-state index contributed by atoms with van der Waals surface area (Å²) in [6.07, 6.45) is 1.61. The number of anilines is 2. The largest absolute Gasteiger partial charge is 0.368 e. The molecule has 0 spiro atoms. The Hall–Kier alpha value is -4.64. The summed E-state index contributed by atoms with van der Waals surface area (Å²) in [5, 5.41) is 14.4. The van der Waals surface area contributed by atoms with Crippen molar-refractivity contribution >= 4 is 50.0 Å². The van der Waals surface area contributed by atoms with Gasteiger partial charge in [0.15, 0.2) is 23.2 Å². The van der Waals surface area contributed by atoms with Crippen molar-refractivity contribution in [2.75, 3.05) is 23.8 Å². The highest BCUT2D eigenvalue weighted by molar-refractivity contribution is 7.45. The Labute approximate surface area is 279 Å². The molecule has 14 nitrogen and oxygen atoms in total. The summed E-state index contributed by atoms with van der Waals surface area (Å²) in [6, 6.07) is 19.3. The van der Waals surface area contributed by atoms with Crippen LogP contribution in [-0.4, -0.2) is 69.1 Å². The van der Waals surface area contributed by atoms with E-state index in [2.05, 4.69) is 50.9 Å². The molecule has 48 heavy (non-hydrogen) atoms. The molecule has 2 N–H and O–H groups in total. The highest BCUT2D eigenvalue weighted by Crippen LogP contribution is 2.54. The normalized spacial score (nSPS) is 21.5. The van der Waals surface area contributed by atoms with Gasteiger partial charge in [0, 0.05) is 11.1 Å². The van der Waals surface area contributed by atoms with Crippen LogP contribution in [0.15, 0.2) is 71.8 Å². The van der Waals surface area contributed by atoms with Crippen LogP contribution in [0.1, 0.15) is 67.0 Å². The maximum atomic E-state index is 13.1. The number of hydrogen-bond acceptors (Lipinski definition) is 11. The average molecular weight is 673 g/mol. The van der Waals surface area contributed by atoms with E-state index in [-0.39, 0.29) is 42.6 Å². The van der Waals surface area contributed by atoms with Gasteiger partial charge in [-0.05, 0) is 37.4 Å². The van der Waals surface area contributed by atoms with Gasteiger partial charge in [0.05, 0.1) is 32.0 Å². The van der Waals surface area contributed by atoms with Gasteiger partial charge >= 0.3 is 8.53 Å². The molecule has 2 fully saturated rings. The summed E-state index contributed by atoms with van der Waals surface area (Å²) in [4.78, 5) is 39.8. The zero-order valence-electron chi connectivity index (χ0n) is 26.9. The molecule has 2 aromatic carbocycles. The fourth-order valence-corrected chi connectivity index (χ4v) is 6.22. The number of carbonyl (C=O) groups excluding carboxylic acids is 2. The second-order valence-electron chi connectivity index (χ2n) is 10.9. The number of fused-ring (bicyclic) bond motifs is 3. The number of imidazole rings is 1. The number of carbonyl (C=O) groups is 2. The summed E-state index contributed by atoms with van der Waals surface area (Å²) in [5.41, 5.74) is 0.567. The maximum Gasteiger partial charge on any atom is 0.310 e. The SMILES string of the molecule is C=NP(OCCC#N)OC1[C@@H]2OC[C@]1(CC)O[C@H]2n1cnc2c(NC(=O)c3ccccc3)nc(NC(=O)c3ccccc3)nc21.CCC. The Bertz CT molecular complexity index is 1770. The quantitative estimate of drug-likeness (QED) is 0.102. The number of aromatic nitrogens is 4. The first-order valence-corrected chi connectivity index (χ1v) is 16.7. The lowest BCUT2D eigenvalue weighted by molar-refractivity contribution is -0.172. The molecular formula is C33H37N8O6P. The van der Waals surface area contributed by atoms with Crippen molar-refractivity contribution in [2.24, 2.45) is 4.76 Å². The number of hydrogen-bond donors (Lipinski definition) is 2. The van der Waals surface area contributed by atoms with E-state index in [1.165, 1.54) is 12.7 Å². The monoisotopic (exact) mass is 672 g/mol. The van der Waals surface area contributed by atoms with E-state index in [0.29, 0.717) is 17.5 Å². The predicted octanol–water partition coefficient (Wildman–Crippen LogP) is 6.07.